The molecule has 0 aromatic carbocycles. The first-order valence-corrected chi connectivity index (χ1v) is 7.24. The molecule has 0 fully saturated rings. The standard InChI is InChI=1S/C14H19NO11/c1-6(16)2-7(12(21)22)5-15(8(13(23)24)3-10(17)18)9(14(25)26)4-11(19)20/h7-9H,2-5H2,1H3,(H,17,18)(H,19,20)(H,21,22)(H,23,24)(H,25,26). The third-order valence-electron chi connectivity index (χ3n) is 3.42. The quantitative estimate of drug-likeness (QED) is 0.257. The zero-order chi connectivity index (χ0) is 20.6. The van der Waals surface area contributed by atoms with E-state index < -0.39 is 79.4 Å². The molecule has 0 rings (SSSR count). The van der Waals surface area contributed by atoms with Gasteiger partial charge in [-0.05, 0) is 6.92 Å². The predicted molar refractivity (Wildman–Crippen MR) is 80.5 cm³/mol. The van der Waals surface area contributed by atoms with Gasteiger partial charge < -0.3 is 30.3 Å². The summed E-state index contributed by atoms with van der Waals surface area (Å²) < 4.78 is 0. The van der Waals surface area contributed by atoms with Crippen LogP contribution in [0.2, 0.25) is 0 Å². The second-order valence-corrected chi connectivity index (χ2v) is 5.54. The molecule has 0 radical (unpaired) electrons. The van der Waals surface area contributed by atoms with Crippen molar-refractivity contribution < 1.29 is 54.3 Å². The smallest absolute Gasteiger partial charge is 0.321 e. The Labute approximate surface area is 146 Å². The van der Waals surface area contributed by atoms with Crippen LogP contribution in [-0.2, 0) is 28.8 Å². The summed E-state index contributed by atoms with van der Waals surface area (Å²) in [5.74, 6) is -10.4. The number of hydrogen-bond donors (Lipinski definition) is 5. The molecule has 0 saturated carbocycles. The summed E-state index contributed by atoms with van der Waals surface area (Å²) >= 11 is 0. The molecule has 0 bridgehead atoms. The summed E-state index contributed by atoms with van der Waals surface area (Å²) in [6, 6.07) is -4.00. The number of carboxylic acid groups (broad SMARTS) is 5. The van der Waals surface area contributed by atoms with Gasteiger partial charge in [-0.25, -0.2) is 0 Å². The van der Waals surface area contributed by atoms with Crippen molar-refractivity contribution in [2.75, 3.05) is 6.54 Å². The minimum Gasteiger partial charge on any atom is -0.481 e. The first-order valence-electron chi connectivity index (χ1n) is 7.24. The molecular weight excluding hydrogens is 358 g/mol. The van der Waals surface area contributed by atoms with E-state index in [4.69, 9.17) is 15.3 Å². The van der Waals surface area contributed by atoms with Crippen LogP contribution in [0.15, 0.2) is 0 Å². The van der Waals surface area contributed by atoms with Crippen molar-refractivity contribution in [3.63, 3.8) is 0 Å². The number of rotatable bonds is 13. The molecule has 0 aliphatic carbocycles. The van der Waals surface area contributed by atoms with Gasteiger partial charge in [0.15, 0.2) is 0 Å². The van der Waals surface area contributed by atoms with Gasteiger partial charge in [-0.15, -0.1) is 0 Å². The first-order chi connectivity index (χ1) is 11.9. The van der Waals surface area contributed by atoms with E-state index in [1.807, 2.05) is 0 Å². The topological polar surface area (TPSA) is 207 Å². The molecule has 0 aliphatic rings. The second kappa shape index (κ2) is 10.1. The normalized spacial score (nSPS) is 14.2. The zero-order valence-electron chi connectivity index (χ0n) is 13.7. The van der Waals surface area contributed by atoms with Gasteiger partial charge >= 0.3 is 29.8 Å². The van der Waals surface area contributed by atoms with E-state index in [2.05, 4.69) is 0 Å². The number of aliphatic carboxylic acids is 5. The highest BCUT2D eigenvalue weighted by molar-refractivity contribution is 5.85. The maximum absolute atomic E-state index is 11.4. The molecule has 5 N–H and O–H groups in total. The van der Waals surface area contributed by atoms with Gasteiger partial charge in [-0.3, -0.25) is 28.9 Å². The van der Waals surface area contributed by atoms with E-state index in [1.54, 1.807) is 0 Å². The largest absolute Gasteiger partial charge is 0.481 e. The fourth-order valence-electron chi connectivity index (χ4n) is 2.33. The minimum absolute atomic E-state index is 0.481. The number of nitrogens with zero attached hydrogens (tertiary/aromatic N) is 1. The SMILES string of the molecule is CC(=O)CC(CN(C(CC(=O)O)C(=O)O)C(CC(=O)O)C(=O)O)C(=O)O. The number of hydrogen-bond acceptors (Lipinski definition) is 7. The molecule has 0 aliphatic heterocycles. The minimum atomic E-state index is -2.00. The Morgan fingerprint density at radius 2 is 1.08 bits per heavy atom. The van der Waals surface area contributed by atoms with Crippen molar-refractivity contribution in [1.82, 2.24) is 4.90 Å². The summed E-state index contributed by atoms with van der Waals surface area (Å²) in [4.78, 5) is 67.6. The van der Waals surface area contributed by atoms with Crippen LogP contribution in [0.3, 0.4) is 0 Å². The van der Waals surface area contributed by atoms with Gasteiger partial charge in [0.25, 0.3) is 0 Å². The van der Waals surface area contributed by atoms with Crippen molar-refractivity contribution in [3.8, 4) is 0 Å². The van der Waals surface area contributed by atoms with E-state index in [-0.39, 0.29) is 0 Å². The molecule has 0 amide bonds. The number of carboxylic acids is 5. The summed E-state index contributed by atoms with van der Waals surface area (Å²) in [7, 11) is 0. The Morgan fingerprint density at radius 1 is 0.692 bits per heavy atom. The molecule has 26 heavy (non-hydrogen) atoms. The fourth-order valence-corrected chi connectivity index (χ4v) is 2.33. The second-order valence-electron chi connectivity index (χ2n) is 5.54. The van der Waals surface area contributed by atoms with Crippen LogP contribution in [0.1, 0.15) is 26.2 Å². The van der Waals surface area contributed by atoms with Crippen LogP contribution in [-0.4, -0.2) is 84.7 Å². The molecule has 0 saturated heterocycles. The van der Waals surface area contributed by atoms with Crippen LogP contribution in [0.4, 0.5) is 0 Å². The fraction of sp³-hybridized carbons (Fsp3) is 0.571. The van der Waals surface area contributed by atoms with Crippen molar-refractivity contribution in [2.45, 2.75) is 38.3 Å². The number of carbonyl (C=O) groups excluding carboxylic acids is 1. The highest BCUT2D eigenvalue weighted by Crippen LogP contribution is 2.19. The Bertz CT molecular complexity index is 566. The van der Waals surface area contributed by atoms with E-state index in [0.29, 0.717) is 4.90 Å². The monoisotopic (exact) mass is 377 g/mol. The van der Waals surface area contributed by atoms with Gasteiger partial charge in [-0.2, -0.15) is 0 Å². The lowest BCUT2D eigenvalue weighted by atomic mass is 9.98. The highest BCUT2D eigenvalue weighted by Gasteiger charge is 2.40. The van der Waals surface area contributed by atoms with Gasteiger partial charge in [0, 0.05) is 13.0 Å². The lowest BCUT2D eigenvalue weighted by molar-refractivity contribution is -0.160. The molecule has 3 unspecified atom stereocenters. The number of Topliss-reactive ketones (excluding diaryl/α,β-unsaturated/α-hetero) is 1. The molecule has 3 atom stereocenters. The molecule has 146 valence electrons. The lowest BCUT2D eigenvalue weighted by Crippen LogP contribution is -2.54. The molecule has 0 aromatic rings. The summed E-state index contributed by atoms with van der Waals surface area (Å²) in [6.07, 6.45) is -2.75. The number of carbonyl (C=O) groups is 6. The Hall–Kier alpha value is -3.02. The molecule has 12 heteroatoms. The maximum atomic E-state index is 11.4. The van der Waals surface area contributed by atoms with E-state index in [9.17, 15) is 39.0 Å². The molecule has 0 spiro atoms. The van der Waals surface area contributed by atoms with Crippen molar-refractivity contribution in [2.24, 2.45) is 5.92 Å². The Kier molecular flexibility index (Phi) is 8.91. The molecule has 0 heterocycles. The zero-order valence-corrected chi connectivity index (χ0v) is 13.7. The van der Waals surface area contributed by atoms with E-state index in [0.717, 1.165) is 6.92 Å². The van der Waals surface area contributed by atoms with Crippen LogP contribution in [0, 0.1) is 5.92 Å². The molecule has 0 aromatic heterocycles. The maximum Gasteiger partial charge on any atom is 0.321 e. The third kappa shape index (κ3) is 7.70. The average molecular weight is 377 g/mol. The third-order valence-corrected chi connectivity index (χ3v) is 3.42. The molecular formula is C14H19NO11. The van der Waals surface area contributed by atoms with Gasteiger partial charge in [0.2, 0.25) is 0 Å². The van der Waals surface area contributed by atoms with Crippen LogP contribution >= 0.6 is 0 Å². The van der Waals surface area contributed by atoms with Crippen molar-refractivity contribution in [1.29, 1.82) is 0 Å². The summed E-state index contributed by atoms with van der Waals surface area (Å²) in [5, 5.41) is 45.3. The summed E-state index contributed by atoms with van der Waals surface area (Å²) in [5.41, 5.74) is 0. The van der Waals surface area contributed by atoms with Crippen LogP contribution in [0.5, 0.6) is 0 Å². The van der Waals surface area contributed by atoms with Crippen LogP contribution in [0.25, 0.3) is 0 Å². The Balaban J connectivity index is 6.02. The average Bonchev–Trinajstić information content (AvgIpc) is 2.45. The van der Waals surface area contributed by atoms with Crippen molar-refractivity contribution >= 4 is 35.6 Å². The summed E-state index contributed by atoms with van der Waals surface area (Å²) in [6.45, 7) is 0.238. The van der Waals surface area contributed by atoms with E-state index >= 15 is 0 Å². The van der Waals surface area contributed by atoms with Gasteiger partial charge in [0.1, 0.15) is 17.9 Å². The highest BCUT2D eigenvalue weighted by atomic mass is 16.4. The first kappa shape index (κ1) is 23.0. The Morgan fingerprint density at radius 3 is 1.31 bits per heavy atom. The van der Waals surface area contributed by atoms with Crippen LogP contribution < -0.4 is 0 Å². The van der Waals surface area contributed by atoms with Crippen molar-refractivity contribution in [3.05, 3.63) is 0 Å². The lowest BCUT2D eigenvalue weighted by Gasteiger charge is -2.34. The molecule has 12 nitrogen and oxygen atoms in total. The van der Waals surface area contributed by atoms with Gasteiger partial charge in [0.05, 0.1) is 18.8 Å². The van der Waals surface area contributed by atoms with E-state index in [1.165, 1.54) is 0 Å². The van der Waals surface area contributed by atoms with Gasteiger partial charge in [-0.1, -0.05) is 0 Å². The number of ketones is 1. The predicted octanol–water partition coefficient (Wildman–Crippen LogP) is -1.18.